The lowest BCUT2D eigenvalue weighted by Crippen LogP contribution is -2.36. The largest absolute Gasteiger partial charge is 0.396 e. The molecule has 0 aromatic rings. The number of hydrogen-bond donors (Lipinski definition) is 1. The van der Waals surface area contributed by atoms with E-state index in [2.05, 4.69) is 6.92 Å². The Morgan fingerprint density at radius 1 is 1.47 bits per heavy atom. The molecule has 1 unspecified atom stereocenters. The predicted molar refractivity (Wildman–Crippen MR) is 73.3 cm³/mol. The second-order valence-corrected chi connectivity index (χ2v) is 5.76. The quantitative estimate of drug-likeness (QED) is 0.680. The summed E-state index contributed by atoms with van der Waals surface area (Å²) in [6.45, 7) is 3.33. The Balaban J connectivity index is 2.24. The first-order valence-electron chi connectivity index (χ1n) is 6.77. The minimum atomic E-state index is 0.240. The number of likely N-dealkylation sites (tertiary alicyclic amines) is 1. The van der Waals surface area contributed by atoms with Crippen molar-refractivity contribution in [1.29, 1.82) is 0 Å². The molecule has 1 saturated heterocycles. The molecule has 4 heteroatoms. The molecule has 0 radical (unpaired) electrons. The van der Waals surface area contributed by atoms with Gasteiger partial charge in [-0.25, -0.2) is 0 Å². The fraction of sp³-hybridized carbons (Fsp3) is 0.923. The molecule has 1 heterocycles. The van der Waals surface area contributed by atoms with Gasteiger partial charge in [0, 0.05) is 19.2 Å². The van der Waals surface area contributed by atoms with E-state index in [-0.39, 0.29) is 6.61 Å². The van der Waals surface area contributed by atoms with Gasteiger partial charge in [0.25, 0.3) is 0 Å². The summed E-state index contributed by atoms with van der Waals surface area (Å²) in [4.78, 5) is 14.1. The average Bonchev–Trinajstić information content (AvgIpc) is 2.80. The first-order valence-corrected chi connectivity index (χ1v) is 7.93. The van der Waals surface area contributed by atoms with Crippen molar-refractivity contribution in [3.8, 4) is 0 Å². The topological polar surface area (TPSA) is 40.5 Å². The fourth-order valence-corrected chi connectivity index (χ4v) is 3.26. The summed E-state index contributed by atoms with van der Waals surface area (Å²) >= 11 is 1.76. The number of rotatable bonds is 8. The van der Waals surface area contributed by atoms with Crippen LogP contribution in [-0.2, 0) is 4.79 Å². The molecule has 3 nitrogen and oxygen atoms in total. The van der Waals surface area contributed by atoms with Gasteiger partial charge in [0.05, 0.1) is 5.75 Å². The number of aliphatic hydroxyl groups excluding tert-OH is 1. The highest BCUT2D eigenvalue weighted by molar-refractivity contribution is 7.99. The van der Waals surface area contributed by atoms with E-state index in [0.717, 1.165) is 38.0 Å². The Hall–Kier alpha value is -0.220. The molecular weight excluding hydrogens is 234 g/mol. The van der Waals surface area contributed by atoms with Crippen LogP contribution in [0.1, 0.15) is 45.4 Å². The van der Waals surface area contributed by atoms with Crippen LogP contribution in [0.25, 0.3) is 0 Å². The van der Waals surface area contributed by atoms with Gasteiger partial charge in [-0.2, -0.15) is 11.8 Å². The van der Waals surface area contributed by atoms with E-state index >= 15 is 0 Å². The third-order valence-electron chi connectivity index (χ3n) is 3.26. The SMILES string of the molecule is CCCCSCC(=O)N1CCCC1CCCO. The maximum atomic E-state index is 12.0. The number of unbranched alkanes of at least 4 members (excludes halogenated alkanes) is 1. The third kappa shape index (κ3) is 5.30. The van der Waals surface area contributed by atoms with Crippen molar-refractivity contribution >= 4 is 17.7 Å². The highest BCUT2D eigenvalue weighted by Gasteiger charge is 2.27. The first kappa shape index (κ1) is 14.8. The lowest BCUT2D eigenvalue weighted by Gasteiger charge is -2.24. The van der Waals surface area contributed by atoms with Crippen LogP contribution in [0, 0.1) is 0 Å². The van der Waals surface area contributed by atoms with Crippen molar-refractivity contribution in [3.63, 3.8) is 0 Å². The van der Waals surface area contributed by atoms with Crippen LogP contribution < -0.4 is 0 Å². The van der Waals surface area contributed by atoms with E-state index in [1.54, 1.807) is 11.8 Å². The predicted octanol–water partition coefficient (Wildman–Crippen LogP) is 2.28. The zero-order valence-electron chi connectivity index (χ0n) is 10.9. The van der Waals surface area contributed by atoms with Crippen LogP contribution in [0.3, 0.4) is 0 Å². The van der Waals surface area contributed by atoms with E-state index in [0.29, 0.717) is 17.7 Å². The van der Waals surface area contributed by atoms with Gasteiger partial charge in [-0.05, 0) is 37.9 Å². The molecule has 1 rings (SSSR count). The van der Waals surface area contributed by atoms with Crippen LogP contribution in [0.15, 0.2) is 0 Å². The lowest BCUT2D eigenvalue weighted by atomic mass is 10.1. The normalized spacial score (nSPS) is 19.9. The van der Waals surface area contributed by atoms with Gasteiger partial charge >= 0.3 is 0 Å². The summed E-state index contributed by atoms with van der Waals surface area (Å²) in [6.07, 6.45) is 6.42. The molecule has 1 atom stereocenters. The summed E-state index contributed by atoms with van der Waals surface area (Å²) in [5.74, 6) is 2.03. The Kier molecular flexibility index (Phi) is 7.69. The minimum Gasteiger partial charge on any atom is -0.396 e. The molecule has 100 valence electrons. The number of thioether (sulfide) groups is 1. The maximum Gasteiger partial charge on any atom is 0.232 e. The van der Waals surface area contributed by atoms with Crippen LogP contribution in [-0.4, -0.2) is 46.6 Å². The second-order valence-electron chi connectivity index (χ2n) is 4.66. The standard InChI is InChI=1S/C13H25NO2S/c1-2-3-10-17-11-13(16)14-8-4-6-12(14)7-5-9-15/h12,15H,2-11H2,1H3. The van der Waals surface area contributed by atoms with Gasteiger partial charge in [0.1, 0.15) is 0 Å². The minimum absolute atomic E-state index is 0.240. The van der Waals surface area contributed by atoms with Gasteiger partial charge in [-0.15, -0.1) is 0 Å². The number of hydrogen-bond acceptors (Lipinski definition) is 3. The van der Waals surface area contributed by atoms with Gasteiger partial charge in [0.15, 0.2) is 0 Å². The molecule has 0 bridgehead atoms. The maximum absolute atomic E-state index is 12.0. The Morgan fingerprint density at radius 3 is 3.00 bits per heavy atom. The average molecular weight is 259 g/mol. The molecule has 1 aliphatic heterocycles. The Bertz CT molecular complexity index is 223. The molecule has 17 heavy (non-hydrogen) atoms. The van der Waals surface area contributed by atoms with Gasteiger partial charge in [-0.3, -0.25) is 4.79 Å². The van der Waals surface area contributed by atoms with E-state index in [1.807, 2.05) is 4.90 Å². The molecule has 0 spiro atoms. The van der Waals surface area contributed by atoms with E-state index in [4.69, 9.17) is 5.11 Å². The molecule has 1 amide bonds. The molecular formula is C13H25NO2S. The molecule has 0 aromatic heterocycles. The van der Waals surface area contributed by atoms with E-state index in [9.17, 15) is 4.79 Å². The summed E-state index contributed by atoms with van der Waals surface area (Å²) in [6, 6.07) is 0.390. The number of carbonyl (C=O) groups excluding carboxylic acids is 1. The van der Waals surface area contributed by atoms with Gasteiger partial charge in [-0.1, -0.05) is 13.3 Å². The highest BCUT2D eigenvalue weighted by atomic mass is 32.2. The molecule has 0 aliphatic carbocycles. The summed E-state index contributed by atoms with van der Waals surface area (Å²) < 4.78 is 0. The van der Waals surface area contributed by atoms with Crippen LogP contribution in [0.5, 0.6) is 0 Å². The Morgan fingerprint density at radius 2 is 2.29 bits per heavy atom. The number of carbonyl (C=O) groups is 1. The highest BCUT2D eigenvalue weighted by Crippen LogP contribution is 2.22. The van der Waals surface area contributed by atoms with Crippen molar-refractivity contribution < 1.29 is 9.90 Å². The molecule has 0 aromatic carbocycles. The second kappa shape index (κ2) is 8.81. The lowest BCUT2D eigenvalue weighted by molar-refractivity contribution is -0.129. The van der Waals surface area contributed by atoms with Crippen molar-refractivity contribution in [2.75, 3.05) is 24.7 Å². The van der Waals surface area contributed by atoms with Gasteiger partial charge in [0.2, 0.25) is 5.91 Å². The van der Waals surface area contributed by atoms with Crippen LogP contribution >= 0.6 is 11.8 Å². The first-order chi connectivity index (χ1) is 8.29. The van der Waals surface area contributed by atoms with Crippen LogP contribution in [0.4, 0.5) is 0 Å². The number of aliphatic hydroxyl groups is 1. The van der Waals surface area contributed by atoms with E-state index in [1.165, 1.54) is 12.8 Å². The summed E-state index contributed by atoms with van der Waals surface area (Å²) in [5.41, 5.74) is 0. The zero-order valence-corrected chi connectivity index (χ0v) is 11.7. The van der Waals surface area contributed by atoms with E-state index < -0.39 is 0 Å². The molecule has 1 aliphatic rings. The molecule has 1 N–H and O–H groups in total. The zero-order chi connectivity index (χ0) is 12.5. The monoisotopic (exact) mass is 259 g/mol. The third-order valence-corrected chi connectivity index (χ3v) is 4.29. The van der Waals surface area contributed by atoms with Crippen molar-refractivity contribution in [2.24, 2.45) is 0 Å². The van der Waals surface area contributed by atoms with Crippen molar-refractivity contribution in [3.05, 3.63) is 0 Å². The molecule has 1 fully saturated rings. The van der Waals surface area contributed by atoms with Gasteiger partial charge < -0.3 is 10.0 Å². The number of amides is 1. The molecule has 0 saturated carbocycles. The summed E-state index contributed by atoms with van der Waals surface area (Å²) in [5, 5.41) is 8.84. The Labute approximate surface area is 109 Å². The van der Waals surface area contributed by atoms with Crippen molar-refractivity contribution in [1.82, 2.24) is 4.90 Å². The summed E-state index contributed by atoms with van der Waals surface area (Å²) in [7, 11) is 0. The van der Waals surface area contributed by atoms with Crippen molar-refractivity contribution in [2.45, 2.75) is 51.5 Å². The fourth-order valence-electron chi connectivity index (χ4n) is 2.28. The van der Waals surface area contributed by atoms with Crippen LogP contribution in [0.2, 0.25) is 0 Å². The smallest absolute Gasteiger partial charge is 0.232 e. The number of nitrogens with zero attached hydrogens (tertiary/aromatic N) is 1.